The van der Waals surface area contributed by atoms with Crippen molar-refractivity contribution in [3.63, 3.8) is 0 Å². The summed E-state index contributed by atoms with van der Waals surface area (Å²) in [7, 11) is 1.64. The quantitative estimate of drug-likeness (QED) is 0.710. The minimum absolute atomic E-state index is 0.264. The first-order valence-corrected chi connectivity index (χ1v) is 7.79. The molecule has 0 saturated heterocycles. The number of aromatic carboxylic acids is 1. The lowest BCUT2D eigenvalue weighted by atomic mass is 10.1. The molecule has 0 aliphatic rings. The largest absolute Gasteiger partial charge is 0.497 e. The highest BCUT2D eigenvalue weighted by atomic mass is 16.5. The first kappa shape index (κ1) is 16.5. The van der Waals surface area contributed by atoms with Crippen LogP contribution in [0.2, 0.25) is 0 Å². The second kappa shape index (κ2) is 7.05. The Hall–Kier alpha value is -3.34. The van der Waals surface area contributed by atoms with Crippen molar-refractivity contribution in [2.24, 2.45) is 4.99 Å². The Bertz CT molecular complexity index is 924. The summed E-state index contributed by atoms with van der Waals surface area (Å²) in [6, 6.07) is 16.7. The van der Waals surface area contributed by atoms with Crippen LogP contribution in [0.15, 0.2) is 65.8 Å². The number of carboxylic acids is 1. The van der Waals surface area contributed by atoms with Gasteiger partial charge >= 0.3 is 5.97 Å². The smallest absolute Gasteiger partial charge is 0.336 e. The molecule has 5 heteroatoms. The summed E-state index contributed by atoms with van der Waals surface area (Å²) in [5.41, 5.74) is 3.44. The van der Waals surface area contributed by atoms with Gasteiger partial charge in [0, 0.05) is 11.9 Å². The van der Waals surface area contributed by atoms with Crippen LogP contribution >= 0.6 is 0 Å². The maximum atomic E-state index is 11.2. The number of aromatic nitrogens is 1. The molecule has 2 aromatic carbocycles. The number of aliphatic imine (C=N–C) groups is 1. The normalized spacial score (nSPS) is 11.0. The Kier molecular flexibility index (Phi) is 4.66. The SMILES string of the molecule is COc1ccc(-n2cccc2C=Nc2cccc(C(=O)O)c2C)cc1. The van der Waals surface area contributed by atoms with Crippen molar-refractivity contribution in [3.8, 4) is 11.4 Å². The molecular weight excluding hydrogens is 316 g/mol. The molecule has 1 aromatic heterocycles. The highest BCUT2D eigenvalue weighted by molar-refractivity contribution is 5.91. The van der Waals surface area contributed by atoms with Crippen LogP contribution in [0, 0.1) is 6.92 Å². The summed E-state index contributed by atoms with van der Waals surface area (Å²) in [5, 5.41) is 9.21. The van der Waals surface area contributed by atoms with Crippen LogP contribution in [0.3, 0.4) is 0 Å². The maximum absolute atomic E-state index is 11.2. The van der Waals surface area contributed by atoms with Crippen LogP contribution in [0.5, 0.6) is 5.75 Å². The van der Waals surface area contributed by atoms with Crippen molar-refractivity contribution in [2.45, 2.75) is 6.92 Å². The Balaban J connectivity index is 1.92. The monoisotopic (exact) mass is 334 g/mol. The van der Waals surface area contributed by atoms with E-state index in [9.17, 15) is 9.90 Å². The van der Waals surface area contributed by atoms with Gasteiger partial charge in [-0.3, -0.25) is 4.99 Å². The zero-order valence-corrected chi connectivity index (χ0v) is 14.0. The summed E-state index contributed by atoms with van der Waals surface area (Å²) in [6.45, 7) is 1.76. The van der Waals surface area contributed by atoms with E-state index in [1.807, 2.05) is 47.2 Å². The Morgan fingerprint density at radius 3 is 2.56 bits per heavy atom. The highest BCUT2D eigenvalue weighted by Gasteiger charge is 2.09. The highest BCUT2D eigenvalue weighted by Crippen LogP contribution is 2.22. The van der Waals surface area contributed by atoms with E-state index in [0.717, 1.165) is 17.1 Å². The van der Waals surface area contributed by atoms with Gasteiger partial charge in [0.05, 0.1) is 30.3 Å². The van der Waals surface area contributed by atoms with E-state index >= 15 is 0 Å². The molecule has 25 heavy (non-hydrogen) atoms. The van der Waals surface area contributed by atoms with Gasteiger partial charge < -0.3 is 14.4 Å². The van der Waals surface area contributed by atoms with Crippen molar-refractivity contribution in [3.05, 3.63) is 77.6 Å². The summed E-state index contributed by atoms with van der Waals surface area (Å²) in [5.74, 6) is -0.150. The lowest BCUT2D eigenvalue weighted by molar-refractivity contribution is 0.0696. The number of hydrogen-bond donors (Lipinski definition) is 1. The molecular formula is C20H18N2O3. The van der Waals surface area contributed by atoms with Crippen LogP contribution in [-0.2, 0) is 0 Å². The maximum Gasteiger partial charge on any atom is 0.336 e. The molecule has 0 aliphatic heterocycles. The third-order valence-electron chi connectivity index (χ3n) is 4.00. The first-order chi connectivity index (χ1) is 12.1. The predicted molar refractivity (Wildman–Crippen MR) is 97.7 cm³/mol. The summed E-state index contributed by atoms with van der Waals surface area (Å²) in [6.07, 6.45) is 3.68. The van der Waals surface area contributed by atoms with E-state index in [-0.39, 0.29) is 5.56 Å². The molecule has 0 aliphatic carbocycles. The van der Waals surface area contributed by atoms with E-state index in [2.05, 4.69) is 4.99 Å². The third-order valence-corrected chi connectivity index (χ3v) is 4.00. The minimum atomic E-state index is -0.948. The van der Waals surface area contributed by atoms with E-state index < -0.39 is 5.97 Å². The Labute approximate surface area is 145 Å². The van der Waals surface area contributed by atoms with Gasteiger partial charge in [-0.15, -0.1) is 0 Å². The Morgan fingerprint density at radius 1 is 1.12 bits per heavy atom. The number of ether oxygens (including phenoxy) is 1. The van der Waals surface area contributed by atoms with Crippen LogP contribution in [-0.4, -0.2) is 29.0 Å². The van der Waals surface area contributed by atoms with Gasteiger partial charge in [-0.05, 0) is 61.0 Å². The van der Waals surface area contributed by atoms with Crippen LogP contribution in [0.1, 0.15) is 21.6 Å². The number of hydrogen-bond acceptors (Lipinski definition) is 3. The zero-order chi connectivity index (χ0) is 17.8. The first-order valence-electron chi connectivity index (χ1n) is 7.79. The number of nitrogens with zero attached hydrogens (tertiary/aromatic N) is 2. The average Bonchev–Trinajstić information content (AvgIpc) is 3.09. The van der Waals surface area contributed by atoms with E-state index in [1.54, 1.807) is 38.4 Å². The topological polar surface area (TPSA) is 63.8 Å². The molecule has 0 unspecified atom stereocenters. The van der Waals surface area contributed by atoms with Gasteiger partial charge in [0.1, 0.15) is 5.75 Å². The van der Waals surface area contributed by atoms with Gasteiger partial charge in [0.2, 0.25) is 0 Å². The molecule has 0 spiro atoms. The summed E-state index contributed by atoms with van der Waals surface area (Å²) in [4.78, 5) is 15.7. The van der Waals surface area contributed by atoms with E-state index in [1.165, 1.54) is 0 Å². The predicted octanol–water partition coefficient (Wildman–Crippen LogP) is 4.24. The molecule has 3 aromatic rings. The molecule has 0 fully saturated rings. The number of rotatable bonds is 5. The van der Waals surface area contributed by atoms with Crippen LogP contribution in [0.25, 0.3) is 5.69 Å². The van der Waals surface area contributed by atoms with Crippen molar-refractivity contribution in [2.75, 3.05) is 7.11 Å². The average molecular weight is 334 g/mol. The van der Waals surface area contributed by atoms with E-state index in [4.69, 9.17) is 4.74 Å². The van der Waals surface area contributed by atoms with Crippen LogP contribution < -0.4 is 4.74 Å². The Morgan fingerprint density at radius 2 is 1.88 bits per heavy atom. The fourth-order valence-corrected chi connectivity index (χ4v) is 2.61. The fourth-order valence-electron chi connectivity index (χ4n) is 2.61. The lowest BCUT2D eigenvalue weighted by Gasteiger charge is -2.08. The summed E-state index contributed by atoms with van der Waals surface area (Å²) >= 11 is 0. The van der Waals surface area contributed by atoms with Gasteiger partial charge in [-0.2, -0.15) is 0 Å². The van der Waals surface area contributed by atoms with Gasteiger partial charge in [0.25, 0.3) is 0 Å². The van der Waals surface area contributed by atoms with Crippen molar-refractivity contribution >= 4 is 17.9 Å². The fraction of sp³-hybridized carbons (Fsp3) is 0.100. The van der Waals surface area contributed by atoms with Crippen molar-refractivity contribution in [1.29, 1.82) is 0 Å². The molecule has 1 N–H and O–H groups in total. The molecule has 0 atom stereocenters. The van der Waals surface area contributed by atoms with Crippen LogP contribution in [0.4, 0.5) is 5.69 Å². The second-order valence-corrected chi connectivity index (χ2v) is 5.51. The standard InChI is InChI=1S/C20H18N2O3/c1-14-18(20(23)24)6-3-7-19(14)21-13-16-5-4-12-22(16)15-8-10-17(25-2)11-9-15/h3-13H,1-2H3,(H,23,24). The molecule has 0 saturated carbocycles. The minimum Gasteiger partial charge on any atom is -0.497 e. The second-order valence-electron chi connectivity index (χ2n) is 5.51. The molecule has 126 valence electrons. The van der Waals surface area contributed by atoms with Gasteiger partial charge in [-0.25, -0.2) is 4.79 Å². The van der Waals surface area contributed by atoms with Crippen molar-refractivity contribution < 1.29 is 14.6 Å². The van der Waals surface area contributed by atoms with E-state index in [0.29, 0.717) is 11.3 Å². The van der Waals surface area contributed by atoms with Gasteiger partial charge in [0.15, 0.2) is 0 Å². The molecule has 5 nitrogen and oxygen atoms in total. The zero-order valence-electron chi connectivity index (χ0n) is 14.0. The third kappa shape index (κ3) is 3.45. The lowest BCUT2D eigenvalue weighted by Crippen LogP contribution is -2.00. The summed E-state index contributed by atoms with van der Waals surface area (Å²) < 4.78 is 7.18. The molecule has 0 bridgehead atoms. The van der Waals surface area contributed by atoms with Crippen molar-refractivity contribution in [1.82, 2.24) is 4.57 Å². The number of carboxylic acid groups (broad SMARTS) is 1. The number of benzene rings is 2. The molecule has 0 amide bonds. The number of methoxy groups -OCH3 is 1. The van der Waals surface area contributed by atoms with Gasteiger partial charge in [-0.1, -0.05) is 6.07 Å². The molecule has 1 heterocycles. The molecule has 0 radical (unpaired) electrons. The number of carbonyl (C=O) groups is 1. The molecule has 3 rings (SSSR count).